The smallest absolute Gasteiger partial charge is 0.407 e. The highest BCUT2D eigenvalue weighted by molar-refractivity contribution is 5.72. The lowest BCUT2D eigenvalue weighted by Crippen LogP contribution is -2.33. The molecule has 10 heteroatoms. The zero-order valence-electron chi connectivity index (χ0n) is 17.6. The average Bonchev–Trinajstić information content (AvgIpc) is 3.14. The first kappa shape index (κ1) is 19.8. The Bertz CT molecular complexity index is 1100. The number of hydrogen-bond donors (Lipinski definition) is 4. The van der Waals surface area contributed by atoms with Crippen LogP contribution in [0.2, 0.25) is 0 Å². The molecule has 0 spiro atoms. The van der Waals surface area contributed by atoms with Gasteiger partial charge in [0.05, 0.1) is 5.69 Å². The minimum Gasteiger partial charge on any atom is -0.446 e. The molecular formula is C21H27N7O3. The van der Waals surface area contributed by atoms with Crippen LogP contribution in [0, 0.1) is 0 Å². The van der Waals surface area contributed by atoms with Gasteiger partial charge >= 0.3 is 6.09 Å². The summed E-state index contributed by atoms with van der Waals surface area (Å²) in [6.45, 7) is 3.82. The Hall–Kier alpha value is -3.14. The summed E-state index contributed by atoms with van der Waals surface area (Å²) < 4.78 is 7.24. The molecule has 2 atom stereocenters. The predicted molar refractivity (Wildman–Crippen MR) is 113 cm³/mol. The van der Waals surface area contributed by atoms with Gasteiger partial charge < -0.3 is 20.5 Å². The second-order valence-corrected chi connectivity index (χ2v) is 8.84. The highest BCUT2D eigenvalue weighted by atomic mass is 16.6. The largest absolute Gasteiger partial charge is 0.446 e. The lowest BCUT2D eigenvalue weighted by Gasteiger charge is -2.14. The molecule has 0 bridgehead atoms. The van der Waals surface area contributed by atoms with Crippen LogP contribution in [0.4, 0.5) is 16.4 Å². The standard InChI is InChI=1S/C21H27N7O3/c1-12(2)23-20(29)31-14-4-3-13(9-14)15-10-18(26-25-15)24-19-16-11-17(21(30)5-6-21)27-28(16)8-7-22-19/h7-8,10-14,30H,3-6,9H2,1-2H3,(H,23,29)(H2,22,24,25,26). The minimum atomic E-state index is -0.796. The van der Waals surface area contributed by atoms with Crippen LogP contribution in [-0.2, 0) is 10.3 Å². The summed E-state index contributed by atoms with van der Waals surface area (Å²) >= 11 is 0. The van der Waals surface area contributed by atoms with E-state index in [0.29, 0.717) is 17.3 Å². The lowest BCUT2D eigenvalue weighted by atomic mass is 10.0. The molecule has 0 saturated heterocycles. The molecule has 0 aliphatic heterocycles. The van der Waals surface area contributed by atoms with Gasteiger partial charge in [0.15, 0.2) is 11.6 Å². The fraction of sp³-hybridized carbons (Fsp3) is 0.524. The number of rotatable bonds is 6. The molecule has 10 nitrogen and oxygen atoms in total. The Morgan fingerprint density at radius 3 is 2.97 bits per heavy atom. The van der Waals surface area contributed by atoms with Crippen LogP contribution in [0.15, 0.2) is 24.5 Å². The summed E-state index contributed by atoms with van der Waals surface area (Å²) in [4.78, 5) is 16.3. The maximum atomic E-state index is 11.8. The van der Waals surface area contributed by atoms with Crippen molar-refractivity contribution < 1.29 is 14.6 Å². The second-order valence-electron chi connectivity index (χ2n) is 8.84. The summed E-state index contributed by atoms with van der Waals surface area (Å²) in [5, 5.41) is 28.3. The van der Waals surface area contributed by atoms with Crippen molar-refractivity contribution in [3.63, 3.8) is 0 Å². The van der Waals surface area contributed by atoms with E-state index in [1.165, 1.54) is 0 Å². The van der Waals surface area contributed by atoms with Gasteiger partial charge in [-0.15, -0.1) is 0 Å². The zero-order chi connectivity index (χ0) is 21.6. The number of hydrogen-bond acceptors (Lipinski definition) is 7. The summed E-state index contributed by atoms with van der Waals surface area (Å²) in [5.41, 5.74) is 1.67. The van der Waals surface area contributed by atoms with Crippen molar-refractivity contribution >= 4 is 23.2 Å². The number of aliphatic hydroxyl groups is 1. The van der Waals surface area contributed by atoms with Gasteiger partial charge in [0.2, 0.25) is 0 Å². The molecule has 2 unspecified atom stereocenters. The van der Waals surface area contributed by atoms with Crippen LogP contribution < -0.4 is 10.6 Å². The molecular weight excluding hydrogens is 398 g/mol. The highest BCUT2D eigenvalue weighted by Gasteiger charge is 2.44. The number of ether oxygens (including phenoxy) is 1. The van der Waals surface area contributed by atoms with Gasteiger partial charge in [-0.3, -0.25) is 5.10 Å². The van der Waals surface area contributed by atoms with Gasteiger partial charge in [0.25, 0.3) is 0 Å². The molecule has 2 aliphatic rings. The molecule has 2 saturated carbocycles. The molecule has 0 radical (unpaired) electrons. The third-order valence-electron chi connectivity index (χ3n) is 5.94. The Labute approximate surface area is 179 Å². The Morgan fingerprint density at radius 1 is 1.35 bits per heavy atom. The minimum absolute atomic E-state index is 0.0584. The highest BCUT2D eigenvalue weighted by Crippen LogP contribution is 2.45. The van der Waals surface area contributed by atoms with E-state index in [0.717, 1.165) is 43.3 Å². The van der Waals surface area contributed by atoms with Crippen molar-refractivity contribution in [3.8, 4) is 0 Å². The Morgan fingerprint density at radius 2 is 2.19 bits per heavy atom. The van der Waals surface area contributed by atoms with Gasteiger partial charge in [0.1, 0.15) is 17.2 Å². The maximum Gasteiger partial charge on any atom is 0.407 e. The van der Waals surface area contributed by atoms with E-state index < -0.39 is 5.60 Å². The number of anilines is 2. The van der Waals surface area contributed by atoms with Crippen LogP contribution in [-0.4, -0.2) is 48.1 Å². The van der Waals surface area contributed by atoms with E-state index in [2.05, 4.69) is 30.9 Å². The predicted octanol–water partition coefficient (Wildman–Crippen LogP) is 2.95. The number of nitrogens with one attached hydrogen (secondary N) is 3. The van der Waals surface area contributed by atoms with E-state index in [-0.39, 0.29) is 24.2 Å². The molecule has 3 aromatic rings. The van der Waals surface area contributed by atoms with Crippen LogP contribution in [0.1, 0.15) is 63.3 Å². The molecule has 1 amide bonds. The quantitative estimate of drug-likeness (QED) is 0.478. The van der Waals surface area contributed by atoms with Gasteiger partial charge in [-0.25, -0.2) is 14.3 Å². The van der Waals surface area contributed by atoms with Gasteiger partial charge in [-0.05, 0) is 52.0 Å². The van der Waals surface area contributed by atoms with Gasteiger partial charge in [-0.2, -0.15) is 10.2 Å². The SMILES string of the molecule is CC(C)NC(=O)OC1CCC(c2cc(Nc3nccn4nc(C5(O)CC5)cc34)n[nH]2)C1. The van der Waals surface area contributed by atoms with Crippen LogP contribution in [0.5, 0.6) is 0 Å². The average molecular weight is 425 g/mol. The van der Waals surface area contributed by atoms with Crippen molar-refractivity contribution in [2.24, 2.45) is 0 Å². The molecule has 3 heterocycles. The number of aromatic amines is 1. The lowest BCUT2D eigenvalue weighted by molar-refractivity contribution is 0.0981. The first-order chi connectivity index (χ1) is 14.9. The Kier molecular flexibility index (Phi) is 4.81. The summed E-state index contributed by atoms with van der Waals surface area (Å²) in [7, 11) is 0. The van der Waals surface area contributed by atoms with E-state index in [9.17, 15) is 9.90 Å². The fourth-order valence-corrected chi connectivity index (χ4v) is 4.10. The van der Waals surface area contributed by atoms with Crippen molar-refractivity contribution in [1.82, 2.24) is 30.1 Å². The van der Waals surface area contributed by atoms with Crippen molar-refractivity contribution in [2.45, 2.75) is 69.6 Å². The van der Waals surface area contributed by atoms with E-state index in [1.54, 1.807) is 16.9 Å². The molecule has 4 N–H and O–H groups in total. The molecule has 164 valence electrons. The number of amides is 1. The summed E-state index contributed by atoms with van der Waals surface area (Å²) in [5.74, 6) is 1.54. The number of H-pyrrole nitrogens is 1. The number of nitrogens with zero attached hydrogens (tertiary/aromatic N) is 4. The number of carbonyl (C=O) groups excluding carboxylic acids is 1. The van der Waals surface area contributed by atoms with E-state index >= 15 is 0 Å². The van der Waals surface area contributed by atoms with E-state index in [4.69, 9.17) is 4.74 Å². The molecule has 31 heavy (non-hydrogen) atoms. The first-order valence-corrected chi connectivity index (χ1v) is 10.8. The number of fused-ring (bicyclic) bond motifs is 1. The Balaban J connectivity index is 1.26. The summed E-state index contributed by atoms with van der Waals surface area (Å²) in [6.07, 6.45) is 6.99. The molecule has 2 fully saturated rings. The third kappa shape index (κ3) is 4.07. The molecule has 0 aromatic carbocycles. The number of aromatic nitrogens is 5. The molecule has 2 aliphatic carbocycles. The van der Waals surface area contributed by atoms with E-state index in [1.807, 2.05) is 26.0 Å². The van der Waals surface area contributed by atoms with Gasteiger partial charge in [0, 0.05) is 36.1 Å². The van der Waals surface area contributed by atoms with Crippen molar-refractivity contribution in [1.29, 1.82) is 0 Å². The molecule has 3 aromatic heterocycles. The number of carbonyl (C=O) groups is 1. The summed E-state index contributed by atoms with van der Waals surface area (Å²) in [6, 6.07) is 3.90. The topological polar surface area (TPSA) is 129 Å². The maximum absolute atomic E-state index is 11.8. The third-order valence-corrected chi connectivity index (χ3v) is 5.94. The monoisotopic (exact) mass is 425 g/mol. The van der Waals surface area contributed by atoms with Crippen LogP contribution in [0.25, 0.3) is 5.52 Å². The molecule has 5 rings (SSSR count). The zero-order valence-corrected chi connectivity index (χ0v) is 17.6. The normalized spacial score (nSPS) is 22.1. The first-order valence-electron chi connectivity index (χ1n) is 10.8. The fourth-order valence-electron chi connectivity index (χ4n) is 4.10. The van der Waals surface area contributed by atoms with Gasteiger partial charge in [-0.1, -0.05) is 0 Å². The van der Waals surface area contributed by atoms with Crippen LogP contribution >= 0.6 is 0 Å². The van der Waals surface area contributed by atoms with Crippen molar-refractivity contribution in [2.75, 3.05) is 5.32 Å². The number of alkyl carbamates (subject to hydrolysis) is 1. The second kappa shape index (κ2) is 7.52. The van der Waals surface area contributed by atoms with Crippen LogP contribution in [0.3, 0.4) is 0 Å². The van der Waals surface area contributed by atoms with Crippen molar-refractivity contribution in [3.05, 3.63) is 35.9 Å².